The maximum Gasteiger partial charge on any atom is 0.171 e. The zero-order chi connectivity index (χ0) is 10.1. The second-order valence-electron chi connectivity index (χ2n) is 2.82. The Hall–Kier alpha value is -1.43. The molecular weight excluding hydrogens is 246 g/mol. The number of aromatic nitrogens is 4. The van der Waals surface area contributed by atoms with E-state index in [1.54, 1.807) is 16.9 Å². The van der Waals surface area contributed by atoms with E-state index < -0.39 is 0 Å². The molecule has 0 amide bonds. The predicted octanol–water partition coefficient (Wildman–Crippen LogP) is 1.32. The second kappa shape index (κ2) is 3.38. The van der Waals surface area contributed by atoms with E-state index in [4.69, 9.17) is 5.73 Å². The molecule has 0 saturated heterocycles. The number of hydrogen-bond donors (Lipinski definition) is 1. The Bertz CT molecular complexity index is 465. The van der Waals surface area contributed by atoms with Crippen molar-refractivity contribution in [3.63, 3.8) is 0 Å². The van der Waals surface area contributed by atoms with Crippen LogP contribution < -0.4 is 5.73 Å². The summed E-state index contributed by atoms with van der Waals surface area (Å²) in [6.07, 6.45) is 3.14. The lowest BCUT2D eigenvalue weighted by atomic mass is 10.4. The molecule has 2 heterocycles. The topological polar surface area (TPSA) is 69.6 Å². The molecule has 0 aliphatic rings. The van der Waals surface area contributed by atoms with E-state index in [1.165, 1.54) is 6.33 Å². The molecule has 72 valence electrons. The van der Waals surface area contributed by atoms with Crippen molar-refractivity contribution in [3.8, 4) is 5.82 Å². The molecule has 0 spiro atoms. The fourth-order valence-corrected chi connectivity index (χ4v) is 1.56. The normalized spacial score (nSPS) is 10.4. The van der Waals surface area contributed by atoms with Crippen molar-refractivity contribution < 1.29 is 0 Å². The lowest BCUT2D eigenvalue weighted by molar-refractivity contribution is 0.809. The van der Waals surface area contributed by atoms with Gasteiger partial charge in [-0.25, -0.2) is 14.6 Å². The SMILES string of the molecule is Cc1cc(N)nn1-c1ncncc1Br. The summed E-state index contributed by atoms with van der Waals surface area (Å²) in [7, 11) is 0. The molecule has 0 aliphatic carbocycles. The van der Waals surface area contributed by atoms with Gasteiger partial charge in [-0.05, 0) is 22.9 Å². The van der Waals surface area contributed by atoms with Crippen molar-refractivity contribution >= 4 is 21.7 Å². The number of halogens is 1. The van der Waals surface area contributed by atoms with Gasteiger partial charge in [0, 0.05) is 18.0 Å². The molecule has 6 heteroatoms. The molecule has 2 rings (SSSR count). The minimum atomic E-state index is 0.480. The molecular formula is C8H8BrN5. The lowest BCUT2D eigenvalue weighted by Gasteiger charge is -2.03. The third kappa shape index (κ3) is 1.48. The summed E-state index contributed by atoms with van der Waals surface area (Å²) in [5.74, 6) is 1.17. The smallest absolute Gasteiger partial charge is 0.171 e. The minimum Gasteiger partial charge on any atom is -0.382 e. The molecule has 5 nitrogen and oxygen atoms in total. The van der Waals surface area contributed by atoms with Crippen LogP contribution >= 0.6 is 15.9 Å². The molecule has 0 unspecified atom stereocenters. The Kier molecular flexibility index (Phi) is 2.20. The van der Waals surface area contributed by atoms with Crippen molar-refractivity contribution in [2.45, 2.75) is 6.92 Å². The summed E-state index contributed by atoms with van der Waals surface area (Å²) in [6, 6.07) is 1.79. The van der Waals surface area contributed by atoms with Crippen molar-refractivity contribution in [2.24, 2.45) is 0 Å². The first-order chi connectivity index (χ1) is 6.68. The van der Waals surface area contributed by atoms with Crippen LogP contribution in [0.25, 0.3) is 5.82 Å². The quantitative estimate of drug-likeness (QED) is 0.833. The van der Waals surface area contributed by atoms with E-state index >= 15 is 0 Å². The Morgan fingerprint density at radius 3 is 2.86 bits per heavy atom. The molecule has 0 atom stereocenters. The fourth-order valence-electron chi connectivity index (χ4n) is 1.17. The largest absolute Gasteiger partial charge is 0.382 e. The maximum atomic E-state index is 5.58. The zero-order valence-electron chi connectivity index (χ0n) is 7.48. The monoisotopic (exact) mass is 253 g/mol. The second-order valence-corrected chi connectivity index (χ2v) is 3.67. The van der Waals surface area contributed by atoms with Crippen LogP contribution in [0.3, 0.4) is 0 Å². The molecule has 0 aliphatic heterocycles. The Morgan fingerprint density at radius 2 is 2.29 bits per heavy atom. The molecule has 0 bridgehead atoms. The number of hydrogen-bond acceptors (Lipinski definition) is 4. The van der Waals surface area contributed by atoms with Gasteiger partial charge in [0.1, 0.15) is 12.1 Å². The van der Waals surface area contributed by atoms with Gasteiger partial charge >= 0.3 is 0 Å². The van der Waals surface area contributed by atoms with Crippen LogP contribution in [0.5, 0.6) is 0 Å². The predicted molar refractivity (Wildman–Crippen MR) is 56.0 cm³/mol. The van der Waals surface area contributed by atoms with E-state index in [9.17, 15) is 0 Å². The minimum absolute atomic E-state index is 0.480. The van der Waals surface area contributed by atoms with Crippen LogP contribution in [-0.2, 0) is 0 Å². The van der Waals surface area contributed by atoms with Crippen LogP contribution in [0.4, 0.5) is 5.82 Å². The number of nitrogens with zero attached hydrogens (tertiary/aromatic N) is 4. The lowest BCUT2D eigenvalue weighted by Crippen LogP contribution is -2.03. The van der Waals surface area contributed by atoms with Gasteiger partial charge in [-0.3, -0.25) is 0 Å². The summed E-state index contributed by atoms with van der Waals surface area (Å²) in [5.41, 5.74) is 6.51. The van der Waals surface area contributed by atoms with E-state index in [1.807, 2.05) is 6.92 Å². The van der Waals surface area contributed by atoms with Crippen LogP contribution in [-0.4, -0.2) is 19.7 Å². The van der Waals surface area contributed by atoms with Crippen LogP contribution in [0, 0.1) is 6.92 Å². The first kappa shape index (κ1) is 9.14. The highest BCUT2D eigenvalue weighted by molar-refractivity contribution is 9.10. The molecule has 0 fully saturated rings. The summed E-state index contributed by atoms with van der Waals surface area (Å²) in [6.45, 7) is 1.91. The van der Waals surface area contributed by atoms with Gasteiger partial charge in [0.05, 0.1) is 4.47 Å². The summed E-state index contributed by atoms with van der Waals surface area (Å²) < 4.78 is 2.45. The van der Waals surface area contributed by atoms with Gasteiger partial charge in [-0.15, -0.1) is 5.10 Å². The number of nitrogen functional groups attached to an aromatic ring is 1. The van der Waals surface area contributed by atoms with Gasteiger partial charge in [0.15, 0.2) is 5.82 Å². The standard InChI is InChI=1S/C8H8BrN5/c1-5-2-7(10)13-14(5)8-6(9)3-11-4-12-8/h2-4H,1H3,(H2,10,13). The average Bonchev–Trinajstić information content (AvgIpc) is 2.46. The molecule has 2 aromatic rings. The van der Waals surface area contributed by atoms with E-state index in [2.05, 4.69) is 31.0 Å². The van der Waals surface area contributed by atoms with Crippen molar-refractivity contribution in [3.05, 3.63) is 28.8 Å². The maximum absolute atomic E-state index is 5.58. The van der Waals surface area contributed by atoms with Crippen LogP contribution in [0.15, 0.2) is 23.1 Å². The molecule has 0 saturated carbocycles. The van der Waals surface area contributed by atoms with E-state index in [0.717, 1.165) is 10.2 Å². The average molecular weight is 254 g/mol. The third-order valence-electron chi connectivity index (χ3n) is 1.76. The van der Waals surface area contributed by atoms with Gasteiger partial charge < -0.3 is 5.73 Å². The Labute approximate surface area is 89.1 Å². The van der Waals surface area contributed by atoms with E-state index in [0.29, 0.717) is 11.6 Å². The molecule has 2 N–H and O–H groups in total. The highest BCUT2D eigenvalue weighted by Crippen LogP contribution is 2.18. The van der Waals surface area contributed by atoms with Crippen molar-refractivity contribution in [2.75, 3.05) is 5.73 Å². The number of aryl methyl sites for hydroxylation is 1. The first-order valence-corrected chi connectivity index (χ1v) is 4.76. The Morgan fingerprint density at radius 1 is 1.50 bits per heavy atom. The molecule has 0 aromatic carbocycles. The number of nitrogens with two attached hydrogens (primary N) is 1. The summed E-state index contributed by atoms with van der Waals surface area (Å²) in [4.78, 5) is 7.99. The van der Waals surface area contributed by atoms with Gasteiger partial charge in [0.25, 0.3) is 0 Å². The molecule has 0 radical (unpaired) electrons. The first-order valence-electron chi connectivity index (χ1n) is 3.96. The summed E-state index contributed by atoms with van der Waals surface area (Å²) in [5, 5.41) is 4.12. The Balaban J connectivity index is 2.60. The van der Waals surface area contributed by atoms with Crippen LogP contribution in [0.2, 0.25) is 0 Å². The third-order valence-corrected chi connectivity index (χ3v) is 2.31. The highest BCUT2D eigenvalue weighted by Gasteiger charge is 2.08. The van der Waals surface area contributed by atoms with Crippen LogP contribution in [0.1, 0.15) is 5.69 Å². The fraction of sp³-hybridized carbons (Fsp3) is 0.125. The van der Waals surface area contributed by atoms with E-state index in [-0.39, 0.29) is 0 Å². The number of rotatable bonds is 1. The van der Waals surface area contributed by atoms with Gasteiger partial charge in [0.2, 0.25) is 0 Å². The van der Waals surface area contributed by atoms with Gasteiger partial charge in [-0.1, -0.05) is 0 Å². The molecule has 2 aromatic heterocycles. The molecule has 14 heavy (non-hydrogen) atoms. The number of anilines is 1. The summed E-state index contributed by atoms with van der Waals surface area (Å²) >= 11 is 3.35. The van der Waals surface area contributed by atoms with Crippen molar-refractivity contribution in [1.29, 1.82) is 0 Å². The highest BCUT2D eigenvalue weighted by atomic mass is 79.9. The van der Waals surface area contributed by atoms with Crippen molar-refractivity contribution in [1.82, 2.24) is 19.7 Å². The zero-order valence-corrected chi connectivity index (χ0v) is 9.06. The van der Waals surface area contributed by atoms with Gasteiger partial charge in [-0.2, -0.15) is 0 Å².